The van der Waals surface area contributed by atoms with Crippen LogP contribution in [0.15, 0.2) is 48.8 Å². The predicted octanol–water partition coefficient (Wildman–Crippen LogP) is 4.38. The van der Waals surface area contributed by atoms with E-state index in [0.29, 0.717) is 11.3 Å². The molecule has 1 aliphatic heterocycles. The second-order valence-electron chi connectivity index (χ2n) is 6.37. The van der Waals surface area contributed by atoms with E-state index in [4.69, 9.17) is 4.98 Å². The van der Waals surface area contributed by atoms with Crippen LogP contribution in [0, 0.1) is 11.6 Å². The summed E-state index contributed by atoms with van der Waals surface area (Å²) < 4.78 is 29.3. The van der Waals surface area contributed by atoms with Crippen LogP contribution in [-0.2, 0) is 13.0 Å². The van der Waals surface area contributed by atoms with Gasteiger partial charge in [0.25, 0.3) is 0 Å². The molecule has 6 heteroatoms. The molecule has 0 saturated heterocycles. The molecule has 26 heavy (non-hydrogen) atoms. The van der Waals surface area contributed by atoms with Gasteiger partial charge in [0.2, 0.25) is 0 Å². The first-order chi connectivity index (χ1) is 12.7. The molecular weight excluding hydrogens is 334 g/mol. The fraction of sp³-hybridized carbons (Fsp3) is 0.150. The summed E-state index contributed by atoms with van der Waals surface area (Å²) in [5.74, 6) is -0.756. The minimum Gasteiger partial charge on any atom is -0.327 e. The molecule has 2 aromatic heterocycles. The highest BCUT2D eigenvalue weighted by atomic mass is 19.2. The summed E-state index contributed by atoms with van der Waals surface area (Å²) in [5.41, 5.74) is 4.69. The average molecular weight is 348 g/mol. The van der Waals surface area contributed by atoms with Gasteiger partial charge >= 0.3 is 0 Å². The molecular formula is C20H14F2N4. The molecule has 4 nitrogen and oxygen atoms in total. The van der Waals surface area contributed by atoms with Crippen molar-refractivity contribution in [1.82, 2.24) is 19.5 Å². The van der Waals surface area contributed by atoms with Gasteiger partial charge in [-0.1, -0.05) is 6.07 Å². The Morgan fingerprint density at radius 1 is 0.846 bits per heavy atom. The fourth-order valence-electron chi connectivity index (χ4n) is 3.57. The van der Waals surface area contributed by atoms with Gasteiger partial charge in [0, 0.05) is 36.5 Å². The standard InChI is InChI=1S/C20H14F2N4/c21-14-5-3-12(10-15(14)22)19-20(26-9-1-2-18(26)25-19)13-4-6-16-17(11-13)24-8-7-23-16/h3-8,10-11H,1-2,9H2. The van der Waals surface area contributed by atoms with Crippen molar-refractivity contribution in [3.05, 3.63) is 66.3 Å². The van der Waals surface area contributed by atoms with Crippen molar-refractivity contribution >= 4 is 11.0 Å². The summed E-state index contributed by atoms with van der Waals surface area (Å²) in [6, 6.07) is 9.78. The van der Waals surface area contributed by atoms with Gasteiger partial charge in [-0.25, -0.2) is 13.8 Å². The number of rotatable bonds is 2. The lowest BCUT2D eigenvalue weighted by Crippen LogP contribution is -1.97. The van der Waals surface area contributed by atoms with Gasteiger partial charge in [0.1, 0.15) is 5.82 Å². The number of benzene rings is 2. The third-order valence-corrected chi connectivity index (χ3v) is 4.76. The number of hydrogen-bond acceptors (Lipinski definition) is 3. The minimum absolute atomic E-state index is 0.569. The van der Waals surface area contributed by atoms with Crippen molar-refractivity contribution in [2.45, 2.75) is 19.4 Å². The van der Waals surface area contributed by atoms with E-state index in [1.54, 1.807) is 18.5 Å². The second-order valence-corrected chi connectivity index (χ2v) is 6.37. The first-order valence-electron chi connectivity index (χ1n) is 8.47. The van der Waals surface area contributed by atoms with Crippen molar-refractivity contribution < 1.29 is 8.78 Å². The van der Waals surface area contributed by atoms with Crippen molar-refractivity contribution in [2.24, 2.45) is 0 Å². The molecule has 0 unspecified atom stereocenters. The number of hydrogen-bond donors (Lipinski definition) is 0. The molecule has 0 saturated carbocycles. The summed E-state index contributed by atoms with van der Waals surface area (Å²) in [6.07, 6.45) is 5.22. The minimum atomic E-state index is -0.869. The Morgan fingerprint density at radius 3 is 2.50 bits per heavy atom. The molecule has 4 aromatic rings. The Labute approximate surface area is 148 Å². The lowest BCUT2D eigenvalue weighted by atomic mass is 10.0. The molecule has 3 heterocycles. The maximum atomic E-state index is 13.8. The van der Waals surface area contributed by atoms with Crippen LogP contribution in [-0.4, -0.2) is 19.5 Å². The van der Waals surface area contributed by atoms with Crippen LogP contribution < -0.4 is 0 Å². The highest BCUT2D eigenvalue weighted by Gasteiger charge is 2.24. The van der Waals surface area contributed by atoms with E-state index in [1.807, 2.05) is 18.2 Å². The second kappa shape index (κ2) is 5.69. The molecule has 0 bridgehead atoms. The van der Waals surface area contributed by atoms with E-state index in [1.165, 1.54) is 6.07 Å². The quantitative estimate of drug-likeness (QED) is 0.540. The van der Waals surface area contributed by atoms with Crippen molar-refractivity contribution in [1.29, 1.82) is 0 Å². The largest absolute Gasteiger partial charge is 0.327 e. The molecule has 2 aromatic carbocycles. The zero-order valence-electron chi connectivity index (χ0n) is 13.8. The summed E-state index contributed by atoms with van der Waals surface area (Å²) in [5, 5.41) is 0. The maximum absolute atomic E-state index is 13.8. The van der Waals surface area contributed by atoms with Gasteiger partial charge in [-0.3, -0.25) is 9.97 Å². The van der Waals surface area contributed by atoms with Crippen molar-refractivity contribution in [2.75, 3.05) is 0 Å². The molecule has 0 N–H and O–H groups in total. The van der Waals surface area contributed by atoms with Crippen LogP contribution in [0.25, 0.3) is 33.5 Å². The molecule has 1 aliphatic rings. The Balaban J connectivity index is 1.75. The molecule has 0 atom stereocenters. The molecule has 0 amide bonds. The summed E-state index contributed by atoms with van der Waals surface area (Å²) in [6.45, 7) is 0.861. The third-order valence-electron chi connectivity index (χ3n) is 4.76. The molecule has 128 valence electrons. The number of imidazole rings is 1. The van der Waals surface area contributed by atoms with Crippen LogP contribution in [0.3, 0.4) is 0 Å². The lowest BCUT2D eigenvalue weighted by Gasteiger charge is -2.09. The monoisotopic (exact) mass is 348 g/mol. The highest BCUT2D eigenvalue weighted by molar-refractivity contribution is 5.85. The van der Waals surface area contributed by atoms with Crippen LogP contribution in [0.2, 0.25) is 0 Å². The summed E-state index contributed by atoms with van der Waals surface area (Å²) in [7, 11) is 0. The predicted molar refractivity (Wildman–Crippen MR) is 94.4 cm³/mol. The SMILES string of the molecule is Fc1ccc(-c2nc3n(c2-c2ccc4nccnc4c2)CCC3)cc1F. The zero-order valence-corrected chi connectivity index (χ0v) is 13.8. The van der Waals surface area contributed by atoms with Gasteiger partial charge in [-0.05, 0) is 36.8 Å². The Hall–Kier alpha value is -3.15. The van der Waals surface area contributed by atoms with E-state index >= 15 is 0 Å². The lowest BCUT2D eigenvalue weighted by molar-refractivity contribution is 0.509. The topological polar surface area (TPSA) is 43.6 Å². The average Bonchev–Trinajstić information content (AvgIpc) is 3.24. The molecule has 5 rings (SSSR count). The third kappa shape index (κ3) is 2.29. The summed E-state index contributed by atoms with van der Waals surface area (Å²) in [4.78, 5) is 13.4. The Morgan fingerprint density at radius 2 is 1.65 bits per heavy atom. The van der Waals surface area contributed by atoms with Crippen LogP contribution >= 0.6 is 0 Å². The van der Waals surface area contributed by atoms with Gasteiger partial charge in [0.05, 0.1) is 22.4 Å². The van der Waals surface area contributed by atoms with Crippen molar-refractivity contribution in [3.8, 4) is 22.5 Å². The number of nitrogens with zero attached hydrogens (tertiary/aromatic N) is 4. The summed E-state index contributed by atoms with van der Waals surface area (Å²) >= 11 is 0. The number of aromatic nitrogens is 4. The molecule has 0 fully saturated rings. The van der Waals surface area contributed by atoms with Gasteiger partial charge < -0.3 is 4.57 Å². The van der Waals surface area contributed by atoms with E-state index in [9.17, 15) is 8.78 Å². The number of fused-ring (bicyclic) bond motifs is 2. The number of halogens is 2. The van der Waals surface area contributed by atoms with Crippen LogP contribution in [0.1, 0.15) is 12.2 Å². The Bertz CT molecular complexity index is 1150. The van der Waals surface area contributed by atoms with E-state index in [0.717, 1.165) is 53.6 Å². The van der Waals surface area contributed by atoms with E-state index < -0.39 is 11.6 Å². The van der Waals surface area contributed by atoms with Gasteiger partial charge in [-0.15, -0.1) is 0 Å². The first-order valence-corrected chi connectivity index (χ1v) is 8.47. The first kappa shape index (κ1) is 15.1. The molecule has 0 aliphatic carbocycles. The van der Waals surface area contributed by atoms with Gasteiger partial charge in [0.15, 0.2) is 11.6 Å². The van der Waals surface area contributed by atoms with Crippen LogP contribution in [0.4, 0.5) is 8.78 Å². The van der Waals surface area contributed by atoms with Gasteiger partial charge in [-0.2, -0.15) is 0 Å². The fourth-order valence-corrected chi connectivity index (χ4v) is 3.57. The maximum Gasteiger partial charge on any atom is 0.159 e. The van der Waals surface area contributed by atoms with E-state index in [2.05, 4.69) is 14.5 Å². The molecule has 0 radical (unpaired) electrons. The highest BCUT2D eigenvalue weighted by Crippen LogP contribution is 2.36. The van der Waals surface area contributed by atoms with E-state index in [-0.39, 0.29) is 0 Å². The Kier molecular flexibility index (Phi) is 3.31. The zero-order chi connectivity index (χ0) is 17.7. The van der Waals surface area contributed by atoms with Crippen molar-refractivity contribution in [3.63, 3.8) is 0 Å². The smallest absolute Gasteiger partial charge is 0.159 e. The van der Waals surface area contributed by atoms with Crippen LogP contribution in [0.5, 0.6) is 0 Å². The number of aryl methyl sites for hydroxylation is 1. The molecule has 0 spiro atoms. The normalized spacial score (nSPS) is 13.3.